The first kappa shape index (κ1) is 13.5. The van der Waals surface area contributed by atoms with Gasteiger partial charge in [0.2, 0.25) is 0 Å². The van der Waals surface area contributed by atoms with Crippen LogP contribution in [0.1, 0.15) is 18.5 Å². The summed E-state index contributed by atoms with van der Waals surface area (Å²) in [5.74, 6) is 0.840. The fraction of sp³-hybridized carbons (Fsp3) is 0.500. The number of hydrogen-bond acceptors (Lipinski definition) is 3. The van der Waals surface area contributed by atoms with E-state index in [1.165, 1.54) is 12.8 Å². The van der Waals surface area contributed by atoms with Crippen molar-refractivity contribution in [3.8, 4) is 5.75 Å². The van der Waals surface area contributed by atoms with Gasteiger partial charge >= 0.3 is 0 Å². The average molecular weight is 274 g/mol. The number of benzene rings is 1. The molecule has 4 heteroatoms. The minimum absolute atomic E-state index is 0.347. The van der Waals surface area contributed by atoms with Gasteiger partial charge in [-0.1, -0.05) is 6.07 Å². The van der Waals surface area contributed by atoms with E-state index in [4.69, 9.17) is 4.74 Å². The van der Waals surface area contributed by atoms with Gasteiger partial charge in [-0.2, -0.15) is 0 Å². The van der Waals surface area contributed by atoms with Crippen molar-refractivity contribution in [1.29, 1.82) is 0 Å². The normalized spacial score (nSPS) is 17.7. The van der Waals surface area contributed by atoms with E-state index in [1.54, 1.807) is 0 Å². The third-order valence-corrected chi connectivity index (χ3v) is 3.86. The topological polar surface area (TPSA) is 48.5 Å². The van der Waals surface area contributed by atoms with E-state index in [-0.39, 0.29) is 0 Å². The number of nitrogens with zero attached hydrogens (tertiary/aromatic N) is 1. The Morgan fingerprint density at radius 3 is 2.95 bits per heavy atom. The third kappa shape index (κ3) is 2.97. The molecule has 1 aromatic heterocycles. The Morgan fingerprint density at radius 2 is 2.15 bits per heavy atom. The van der Waals surface area contributed by atoms with Gasteiger partial charge in [0, 0.05) is 23.1 Å². The van der Waals surface area contributed by atoms with E-state index >= 15 is 0 Å². The predicted molar refractivity (Wildman–Crippen MR) is 80.2 cm³/mol. The van der Waals surface area contributed by atoms with E-state index in [1.807, 2.05) is 25.1 Å². The Labute approximate surface area is 119 Å². The van der Waals surface area contributed by atoms with Crippen LogP contribution in [0.25, 0.3) is 10.9 Å². The molecule has 4 nitrogen and oxygen atoms in total. The number of likely N-dealkylation sites (tertiary alicyclic amines) is 1. The van der Waals surface area contributed by atoms with Crippen LogP contribution in [0, 0.1) is 6.92 Å². The van der Waals surface area contributed by atoms with Crippen LogP contribution < -0.4 is 4.74 Å². The zero-order valence-electron chi connectivity index (χ0n) is 11.9. The SMILES string of the molecule is Cc1cc2c(OC[C@H](O)CN3CCCC3)cccc2[nH]1. The van der Waals surface area contributed by atoms with Gasteiger partial charge in [0.15, 0.2) is 0 Å². The van der Waals surface area contributed by atoms with Crippen LogP contribution in [0.5, 0.6) is 5.75 Å². The molecule has 0 saturated carbocycles. The molecular formula is C16H22N2O2. The van der Waals surface area contributed by atoms with Crippen molar-refractivity contribution in [3.05, 3.63) is 30.0 Å². The summed E-state index contributed by atoms with van der Waals surface area (Å²) in [7, 11) is 0. The van der Waals surface area contributed by atoms with Crippen LogP contribution in [-0.4, -0.2) is 47.3 Å². The van der Waals surface area contributed by atoms with Gasteiger partial charge in [-0.15, -0.1) is 0 Å². The number of hydrogen-bond donors (Lipinski definition) is 2. The Kier molecular flexibility index (Phi) is 3.94. The second-order valence-electron chi connectivity index (χ2n) is 5.64. The fourth-order valence-corrected chi connectivity index (χ4v) is 2.89. The first-order valence-electron chi connectivity index (χ1n) is 7.34. The lowest BCUT2D eigenvalue weighted by Gasteiger charge is -2.19. The number of rotatable bonds is 5. The van der Waals surface area contributed by atoms with E-state index in [0.29, 0.717) is 13.2 Å². The van der Waals surface area contributed by atoms with Gasteiger partial charge < -0.3 is 19.7 Å². The average Bonchev–Trinajstić information content (AvgIpc) is 3.04. The van der Waals surface area contributed by atoms with Gasteiger partial charge in [-0.05, 0) is 51.1 Å². The molecule has 0 spiro atoms. The Hall–Kier alpha value is -1.52. The monoisotopic (exact) mass is 274 g/mol. The van der Waals surface area contributed by atoms with Gasteiger partial charge in [0.05, 0.1) is 0 Å². The largest absolute Gasteiger partial charge is 0.490 e. The maximum Gasteiger partial charge on any atom is 0.128 e. The first-order chi connectivity index (χ1) is 9.72. The van der Waals surface area contributed by atoms with Crippen molar-refractivity contribution < 1.29 is 9.84 Å². The van der Waals surface area contributed by atoms with E-state index in [9.17, 15) is 5.11 Å². The molecule has 0 radical (unpaired) electrons. The van der Waals surface area contributed by atoms with Crippen LogP contribution in [0.4, 0.5) is 0 Å². The van der Waals surface area contributed by atoms with Crippen molar-refractivity contribution in [1.82, 2.24) is 9.88 Å². The van der Waals surface area contributed by atoms with Gasteiger partial charge in [-0.25, -0.2) is 0 Å². The molecule has 0 amide bonds. The molecule has 0 aliphatic carbocycles. The summed E-state index contributed by atoms with van der Waals surface area (Å²) in [4.78, 5) is 5.60. The lowest BCUT2D eigenvalue weighted by atomic mass is 10.2. The summed E-state index contributed by atoms with van der Waals surface area (Å²) in [6.07, 6.45) is 2.06. The molecular weight excluding hydrogens is 252 g/mol. The number of aliphatic hydroxyl groups excluding tert-OH is 1. The van der Waals surface area contributed by atoms with Crippen LogP contribution in [-0.2, 0) is 0 Å². The summed E-state index contributed by atoms with van der Waals surface area (Å²) < 4.78 is 5.81. The smallest absolute Gasteiger partial charge is 0.128 e. The number of H-pyrrole nitrogens is 1. The Balaban J connectivity index is 1.61. The van der Waals surface area contributed by atoms with Gasteiger partial charge in [0.25, 0.3) is 0 Å². The molecule has 1 fully saturated rings. The quantitative estimate of drug-likeness (QED) is 0.879. The van der Waals surface area contributed by atoms with Crippen molar-refractivity contribution in [3.63, 3.8) is 0 Å². The molecule has 108 valence electrons. The standard InChI is InChI=1S/C16H22N2O2/c1-12-9-14-15(17-12)5-4-6-16(14)20-11-13(19)10-18-7-2-3-8-18/h4-6,9,13,17,19H,2-3,7-8,10-11H2,1H3/t13-/m1/s1. The Morgan fingerprint density at radius 1 is 1.35 bits per heavy atom. The molecule has 2 aromatic rings. The molecule has 20 heavy (non-hydrogen) atoms. The predicted octanol–water partition coefficient (Wildman–Crippen LogP) is 2.31. The molecule has 1 atom stereocenters. The molecule has 1 aliphatic heterocycles. The summed E-state index contributed by atoms with van der Waals surface area (Å²) >= 11 is 0. The lowest BCUT2D eigenvalue weighted by molar-refractivity contribution is 0.0764. The lowest BCUT2D eigenvalue weighted by Crippen LogP contribution is -2.33. The third-order valence-electron chi connectivity index (χ3n) is 3.86. The molecule has 0 bridgehead atoms. The number of aromatic amines is 1. The highest BCUT2D eigenvalue weighted by Gasteiger charge is 2.16. The van der Waals surface area contributed by atoms with E-state index in [0.717, 1.165) is 35.4 Å². The number of aliphatic hydroxyl groups is 1. The number of aromatic nitrogens is 1. The molecule has 1 saturated heterocycles. The maximum absolute atomic E-state index is 10.1. The zero-order chi connectivity index (χ0) is 13.9. The van der Waals surface area contributed by atoms with E-state index in [2.05, 4.69) is 16.0 Å². The molecule has 2 N–H and O–H groups in total. The molecule has 2 heterocycles. The summed E-state index contributed by atoms with van der Waals surface area (Å²) in [6, 6.07) is 8.05. The second kappa shape index (κ2) is 5.85. The van der Waals surface area contributed by atoms with Crippen LogP contribution >= 0.6 is 0 Å². The van der Waals surface area contributed by atoms with Crippen molar-refractivity contribution in [2.24, 2.45) is 0 Å². The van der Waals surface area contributed by atoms with E-state index < -0.39 is 6.10 Å². The number of β-amino-alcohol motifs (C(OH)–C–C–N with tert-alkyl or cyclic N) is 1. The fourth-order valence-electron chi connectivity index (χ4n) is 2.89. The minimum Gasteiger partial charge on any atom is -0.490 e. The minimum atomic E-state index is -0.427. The summed E-state index contributed by atoms with van der Waals surface area (Å²) in [6.45, 7) is 5.29. The molecule has 0 unspecified atom stereocenters. The highest BCUT2D eigenvalue weighted by atomic mass is 16.5. The zero-order valence-corrected chi connectivity index (χ0v) is 11.9. The number of aryl methyl sites for hydroxylation is 1. The van der Waals surface area contributed by atoms with Crippen molar-refractivity contribution in [2.75, 3.05) is 26.2 Å². The summed E-state index contributed by atoms with van der Waals surface area (Å²) in [5.41, 5.74) is 2.20. The van der Waals surface area contributed by atoms with Gasteiger partial charge in [0.1, 0.15) is 18.5 Å². The highest BCUT2D eigenvalue weighted by molar-refractivity contribution is 5.86. The number of fused-ring (bicyclic) bond motifs is 1. The highest BCUT2D eigenvalue weighted by Crippen LogP contribution is 2.26. The van der Waals surface area contributed by atoms with Crippen molar-refractivity contribution in [2.45, 2.75) is 25.9 Å². The first-order valence-corrected chi connectivity index (χ1v) is 7.34. The van der Waals surface area contributed by atoms with Crippen LogP contribution in [0.2, 0.25) is 0 Å². The molecule has 1 aliphatic rings. The van der Waals surface area contributed by atoms with Crippen LogP contribution in [0.3, 0.4) is 0 Å². The summed E-state index contributed by atoms with van der Waals surface area (Å²) in [5, 5.41) is 11.2. The second-order valence-corrected chi connectivity index (χ2v) is 5.64. The number of nitrogens with one attached hydrogen (secondary N) is 1. The van der Waals surface area contributed by atoms with Gasteiger partial charge in [-0.3, -0.25) is 0 Å². The molecule has 1 aromatic carbocycles. The molecule has 3 rings (SSSR count). The maximum atomic E-state index is 10.1. The Bertz CT molecular complexity index is 573. The number of ether oxygens (including phenoxy) is 1. The van der Waals surface area contributed by atoms with Crippen LogP contribution in [0.15, 0.2) is 24.3 Å². The van der Waals surface area contributed by atoms with Crippen molar-refractivity contribution >= 4 is 10.9 Å².